The Morgan fingerprint density at radius 3 is 2.68 bits per heavy atom. The summed E-state index contributed by atoms with van der Waals surface area (Å²) >= 11 is 3.44. The Kier molecular flexibility index (Phi) is 3.80. The number of carbonyl (C=O) groups is 1. The van der Waals surface area contributed by atoms with Gasteiger partial charge in [0.05, 0.1) is 12.2 Å². The molecule has 1 amide bonds. The topological polar surface area (TPSA) is 55.3 Å². The zero-order chi connectivity index (χ0) is 14.2. The molecule has 0 aromatic carbocycles. The van der Waals surface area contributed by atoms with E-state index in [-0.39, 0.29) is 6.09 Å². The quantitative estimate of drug-likeness (QED) is 0.687. The molecule has 0 atom stereocenters. The van der Waals surface area contributed by atoms with E-state index in [1.807, 2.05) is 27.7 Å². The molecular formula is C13H18BrN3O2. The van der Waals surface area contributed by atoms with E-state index in [2.05, 4.69) is 25.9 Å². The van der Waals surface area contributed by atoms with Crippen LogP contribution in [-0.2, 0) is 17.7 Å². The van der Waals surface area contributed by atoms with Gasteiger partial charge in [0, 0.05) is 18.5 Å². The first-order chi connectivity index (χ1) is 8.76. The zero-order valence-corrected chi connectivity index (χ0v) is 13.2. The average molecular weight is 328 g/mol. The van der Waals surface area contributed by atoms with Crippen LogP contribution in [0.15, 0.2) is 4.60 Å². The summed E-state index contributed by atoms with van der Waals surface area (Å²) in [4.78, 5) is 22.4. The third-order valence-electron chi connectivity index (χ3n) is 2.77. The monoisotopic (exact) mass is 327 g/mol. The van der Waals surface area contributed by atoms with Crippen LogP contribution in [0.3, 0.4) is 0 Å². The van der Waals surface area contributed by atoms with Crippen LogP contribution in [0.4, 0.5) is 4.79 Å². The number of aryl methyl sites for hydroxylation is 1. The molecule has 0 saturated carbocycles. The van der Waals surface area contributed by atoms with Gasteiger partial charge in [0.2, 0.25) is 0 Å². The molecule has 1 aliphatic heterocycles. The van der Waals surface area contributed by atoms with Crippen molar-refractivity contribution in [2.75, 3.05) is 6.54 Å². The average Bonchev–Trinajstić information content (AvgIpc) is 2.25. The Morgan fingerprint density at radius 2 is 2.05 bits per heavy atom. The Balaban J connectivity index is 2.16. The van der Waals surface area contributed by atoms with E-state index in [0.29, 0.717) is 13.1 Å². The Hall–Kier alpha value is -1.17. The van der Waals surface area contributed by atoms with Gasteiger partial charge in [0.15, 0.2) is 0 Å². The van der Waals surface area contributed by atoms with E-state index in [1.54, 1.807) is 4.90 Å². The SMILES string of the molecule is Cc1nc(Br)c2c(n1)CCN(C(=O)OC(C)(C)C)C2. The van der Waals surface area contributed by atoms with Gasteiger partial charge in [-0.05, 0) is 43.6 Å². The molecule has 0 bridgehead atoms. The second-order valence-corrected chi connectivity index (χ2v) is 6.39. The smallest absolute Gasteiger partial charge is 0.410 e. The molecule has 2 rings (SSSR count). The van der Waals surface area contributed by atoms with Crippen LogP contribution in [-0.4, -0.2) is 33.1 Å². The molecule has 6 heteroatoms. The van der Waals surface area contributed by atoms with Gasteiger partial charge in [0.25, 0.3) is 0 Å². The highest BCUT2D eigenvalue weighted by Crippen LogP contribution is 2.25. The van der Waals surface area contributed by atoms with Crippen molar-refractivity contribution in [3.63, 3.8) is 0 Å². The number of hydrogen-bond acceptors (Lipinski definition) is 4. The van der Waals surface area contributed by atoms with Crippen molar-refractivity contribution in [1.82, 2.24) is 14.9 Å². The number of nitrogens with zero attached hydrogens (tertiary/aromatic N) is 3. The molecule has 1 aliphatic rings. The van der Waals surface area contributed by atoms with Crippen LogP contribution in [0.2, 0.25) is 0 Å². The Bertz CT molecular complexity index is 511. The van der Waals surface area contributed by atoms with Gasteiger partial charge in [-0.1, -0.05) is 0 Å². The summed E-state index contributed by atoms with van der Waals surface area (Å²) in [7, 11) is 0. The maximum Gasteiger partial charge on any atom is 0.410 e. The van der Waals surface area contributed by atoms with E-state index >= 15 is 0 Å². The molecule has 19 heavy (non-hydrogen) atoms. The molecule has 0 unspecified atom stereocenters. The van der Waals surface area contributed by atoms with E-state index in [4.69, 9.17) is 4.74 Å². The van der Waals surface area contributed by atoms with Crippen LogP contribution >= 0.6 is 15.9 Å². The van der Waals surface area contributed by atoms with Gasteiger partial charge >= 0.3 is 6.09 Å². The fourth-order valence-corrected chi connectivity index (χ4v) is 2.58. The molecular weight excluding hydrogens is 310 g/mol. The van der Waals surface area contributed by atoms with Gasteiger partial charge in [-0.15, -0.1) is 0 Å². The van der Waals surface area contributed by atoms with Crippen molar-refractivity contribution in [1.29, 1.82) is 0 Å². The molecule has 2 heterocycles. The van der Waals surface area contributed by atoms with Crippen molar-refractivity contribution in [2.45, 2.75) is 46.3 Å². The Labute approximate surface area is 121 Å². The maximum atomic E-state index is 12.0. The van der Waals surface area contributed by atoms with Crippen molar-refractivity contribution in [2.24, 2.45) is 0 Å². The highest BCUT2D eigenvalue weighted by Gasteiger charge is 2.27. The third-order valence-corrected chi connectivity index (χ3v) is 3.43. The molecule has 0 N–H and O–H groups in total. The third kappa shape index (κ3) is 3.43. The Morgan fingerprint density at radius 1 is 1.37 bits per heavy atom. The van der Waals surface area contributed by atoms with Gasteiger partial charge < -0.3 is 9.64 Å². The van der Waals surface area contributed by atoms with Gasteiger partial charge in [-0.2, -0.15) is 0 Å². The van der Waals surface area contributed by atoms with Crippen molar-refractivity contribution < 1.29 is 9.53 Å². The number of amides is 1. The summed E-state index contributed by atoms with van der Waals surface area (Å²) in [6.45, 7) is 8.59. The lowest BCUT2D eigenvalue weighted by atomic mass is 10.1. The molecule has 0 fully saturated rings. The first-order valence-electron chi connectivity index (χ1n) is 6.26. The summed E-state index contributed by atoms with van der Waals surface area (Å²) in [6, 6.07) is 0. The van der Waals surface area contributed by atoms with Gasteiger partial charge in [-0.3, -0.25) is 0 Å². The normalized spacial score (nSPS) is 15.1. The second-order valence-electron chi connectivity index (χ2n) is 5.64. The number of ether oxygens (including phenoxy) is 1. The summed E-state index contributed by atoms with van der Waals surface area (Å²) in [5.74, 6) is 0.747. The molecule has 1 aromatic rings. The van der Waals surface area contributed by atoms with Crippen molar-refractivity contribution >= 4 is 22.0 Å². The number of aromatic nitrogens is 2. The largest absolute Gasteiger partial charge is 0.444 e. The number of hydrogen-bond donors (Lipinski definition) is 0. The summed E-state index contributed by atoms with van der Waals surface area (Å²) < 4.78 is 6.15. The fourth-order valence-electron chi connectivity index (χ4n) is 1.97. The summed E-state index contributed by atoms with van der Waals surface area (Å²) in [5.41, 5.74) is 1.51. The lowest BCUT2D eigenvalue weighted by molar-refractivity contribution is 0.0222. The standard InChI is InChI=1S/C13H18BrN3O2/c1-8-15-10-5-6-17(7-9(10)11(14)16-8)12(18)19-13(2,3)4/h5-7H2,1-4H3. The number of halogens is 1. The highest BCUT2D eigenvalue weighted by molar-refractivity contribution is 9.10. The molecule has 1 aromatic heterocycles. The maximum absolute atomic E-state index is 12.0. The molecule has 104 valence electrons. The molecule has 0 saturated heterocycles. The first kappa shape index (κ1) is 14.2. The second kappa shape index (κ2) is 5.07. The molecule has 0 spiro atoms. The molecule has 0 radical (unpaired) electrons. The lowest BCUT2D eigenvalue weighted by Gasteiger charge is -2.31. The first-order valence-corrected chi connectivity index (χ1v) is 7.05. The molecule has 5 nitrogen and oxygen atoms in total. The van der Waals surface area contributed by atoms with Crippen LogP contribution in [0, 0.1) is 6.92 Å². The van der Waals surface area contributed by atoms with Crippen LogP contribution in [0.25, 0.3) is 0 Å². The lowest BCUT2D eigenvalue weighted by Crippen LogP contribution is -2.40. The predicted octanol–water partition coefficient (Wildman–Crippen LogP) is 2.84. The van der Waals surface area contributed by atoms with Crippen molar-refractivity contribution in [3.8, 4) is 0 Å². The minimum absolute atomic E-state index is 0.286. The summed E-state index contributed by atoms with van der Waals surface area (Å²) in [6.07, 6.45) is 0.446. The van der Waals surface area contributed by atoms with E-state index < -0.39 is 5.60 Å². The predicted molar refractivity (Wildman–Crippen MR) is 74.8 cm³/mol. The minimum atomic E-state index is -0.474. The fraction of sp³-hybridized carbons (Fsp3) is 0.615. The van der Waals surface area contributed by atoms with Gasteiger partial charge in [-0.25, -0.2) is 14.8 Å². The van der Waals surface area contributed by atoms with Crippen LogP contribution < -0.4 is 0 Å². The van der Waals surface area contributed by atoms with E-state index in [0.717, 1.165) is 28.1 Å². The van der Waals surface area contributed by atoms with E-state index in [1.165, 1.54) is 0 Å². The van der Waals surface area contributed by atoms with Crippen LogP contribution in [0.1, 0.15) is 37.9 Å². The van der Waals surface area contributed by atoms with Crippen LogP contribution in [0.5, 0.6) is 0 Å². The van der Waals surface area contributed by atoms with Gasteiger partial charge in [0.1, 0.15) is 16.0 Å². The number of rotatable bonds is 0. The highest BCUT2D eigenvalue weighted by atomic mass is 79.9. The number of fused-ring (bicyclic) bond motifs is 1. The minimum Gasteiger partial charge on any atom is -0.444 e. The summed E-state index contributed by atoms with van der Waals surface area (Å²) in [5, 5.41) is 0. The van der Waals surface area contributed by atoms with E-state index in [9.17, 15) is 4.79 Å². The zero-order valence-electron chi connectivity index (χ0n) is 11.7. The molecule has 0 aliphatic carbocycles. The number of carbonyl (C=O) groups excluding carboxylic acids is 1. The van der Waals surface area contributed by atoms with Crippen molar-refractivity contribution in [3.05, 3.63) is 21.7 Å².